The Kier molecular flexibility index (Phi) is 4.76. The second kappa shape index (κ2) is 6.72. The molecule has 2 unspecified atom stereocenters. The molecule has 0 amide bonds. The van der Waals surface area contributed by atoms with E-state index in [1.807, 2.05) is 6.07 Å². The van der Waals surface area contributed by atoms with Crippen molar-refractivity contribution in [1.29, 1.82) is 0 Å². The molecule has 3 rings (SSSR count). The highest BCUT2D eigenvalue weighted by molar-refractivity contribution is 7.92. The number of carboxylic acid groups (broad SMARTS) is 1. The number of aromatic nitrogens is 1. The van der Waals surface area contributed by atoms with Crippen molar-refractivity contribution in [3.63, 3.8) is 0 Å². The van der Waals surface area contributed by atoms with Gasteiger partial charge in [-0.25, -0.2) is 8.42 Å². The van der Waals surface area contributed by atoms with Crippen molar-refractivity contribution >= 4 is 21.5 Å². The number of hydrogen-bond donors (Lipinski definition) is 1. The molecule has 0 radical (unpaired) electrons. The van der Waals surface area contributed by atoms with Crippen molar-refractivity contribution < 1.29 is 23.2 Å². The predicted molar refractivity (Wildman–Crippen MR) is 95.4 cm³/mol. The SMILES string of the molecule is CC(CC1CC(c2ccc(C#CC3CC3)cn2)=NO1)(C(=O)O)S(C)(=O)=O. The van der Waals surface area contributed by atoms with E-state index in [1.54, 1.807) is 12.3 Å². The summed E-state index contributed by atoms with van der Waals surface area (Å²) in [6, 6.07) is 3.64. The molecule has 0 saturated heterocycles. The standard InChI is InChI=1S/C18H20N2O5S/c1-18(17(21)22,26(2,23)24)10-14-9-16(20-25-14)15-8-7-13(11-19-15)6-5-12-3-4-12/h7-8,11-12,14H,3-4,9-10H2,1-2H3,(H,21,22). The molecular weight excluding hydrogens is 356 g/mol. The van der Waals surface area contributed by atoms with Gasteiger partial charge in [-0.1, -0.05) is 17.0 Å². The minimum Gasteiger partial charge on any atom is -0.480 e. The lowest BCUT2D eigenvalue weighted by Gasteiger charge is -2.24. The summed E-state index contributed by atoms with van der Waals surface area (Å²) in [5.41, 5.74) is 2.01. The zero-order valence-electron chi connectivity index (χ0n) is 14.6. The number of nitrogens with zero attached hydrogens (tertiary/aromatic N) is 2. The van der Waals surface area contributed by atoms with E-state index in [0.717, 1.165) is 24.7 Å². The molecule has 0 spiro atoms. The Morgan fingerprint density at radius 2 is 2.15 bits per heavy atom. The summed E-state index contributed by atoms with van der Waals surface area (Å²) in [6.45, 7) is 1.19. The third kappa shape index (κ3) is 3.88. The summed E-state index contributed by atoms with van der Waals surface area (Å²) in [5.74, 6) is 5.36. The molecule has 8 heteroatoms. The second-order valence-corrected chi connectivity index (χ2v) is 9.40. The lowest BCUT2D eigenvalue weighted by Crippen LogP contribution is -2.45. The van der Waals surface area contributed by atoms with Gasteiger partial charge in [0.15, 0.2) is 14.6 Å². The molecule has 1 aliphatic carbocycles. The van der Waals surface area contributed by atoms with Gasteiger partial charge in [0.1, 0.15) is 11.8 Å². The van der Waals surface area contributed by atoms with E-state index in [1.165, 1.54) is 6.92 Å². The van der Waals surface area contributed by atoms with Gasteiger partial charge >= 0.3 is 5.97 Å². The van der Waals surface area contributed by atoms with Crippen LogP contribution in [0.1, 0.15) is 43.9 Å². The molecule has 1 aliphatic heterocycles. The van der Waals surface area contributed by atoms with Crippen LogP contribution in [0.3, 0.4) is 0 Å². The van der Waals surface area contributed by atoms with Crippen molar-refractivity contribution in [3.05, 3.63) is 29.6 Å². The summed E-state index contributed by atoms with van der Waals surface area (Å²) in [4.78, 5) is 21.1. The van der Waals surface area contributed by atoms with Crippen LogP contribution < -0.4 is 0 Å². The van der Waals surface area contributed by atoms with Crippen LogP contribution in [0, 0.1) is 17.8 Å². The van der Waals surface area contributed by atoms with Gasteiger partial charge in [-0.2, -0.15) is 0 Å². The van der Waals surface area contributed by atoms with E-state index >= 15 is 0 Å². The lowest BCUT2D eigenvalue weighted by atomic mass is 9.98. The van der Waals surface area contributed by atoms with Crippen molar-refractivity contribution in [2.75, 3.05) is 6.26 Å². The molecule has 26 heavy (non-hydrogen) atoms. The first-order valence-electron chi connectivity index (χ1n) is 8.33. The van der Waals surface area contributed by atoms with Gasteiger partial charge in [0, 0.05) is 36.8 Å². The smallest absolute Gasteiger partial charge is 0.324 e. The van der Waals surface area contributed by atoms with Gasteiger partial charge in [-0.15, -0.1) is 0 Å². The summed E-state index contributed by atoms with van der Waals surface area (Å²) in [5, 5.41) is 13.3. The molecule has 1 aromatic rings. The van der Waals surface area contributed by atoms with Crippen LogP contribution in [0.5, 0.6) is 0 Å². The van der Waals surface area contributed by atoms with Crippen molar-refractivity contribution in [2.24, 2.45) is 11.1 Å². The Morgan fingerprint density at radius 3 is 2.69 bits per heavy atom. The second-order valence-electron chi connectivity index (χ2n) is 6.96. The molecule has 1 N–H and O–H groups in total. The fourth-order valence-corrected chi connectivity index (χ4v) is 3.38. The van der Waals surface area contributed by atoms with Crippen molar-refractivity contribution in [2.45, 2.75) is 43.5 Å². The van der Waals surface area contributed by atoms with Gasteiger partial charge in [0.2, 0.25) is 0 Å². The number of carbonyl (C=O) groups is 1. The molecule has 1 aromatic heterocycles. The molecular formula is C18H20N2O5S. The Balaban J connectivity index is 1.66. The molecule has 0 bridgehead atoms. The minimum atomic E-state index is -3.81. The Morgan fingerprint density at radius 1 is 1.42 bits per heavy atom. The fourth-order valence-electron chi connectivity index (χ4n) is 2.57. The molecule has 2 aliphatic rings. The molecule has 1 fully saturated rings. The average molecular weight is 376 g/mol. The monoisotopic (exact) mass is 376 g/mol. The molecule has 7 nitrogen and oxygen atoms in total. The summed E-state index contributed by atoms with van der Waals surface area (Å²) in [7, 11) is -3.81. The topological polar surface area (TPSA) is 106 Å². The largest absolute Gasteiger partial charge is 0.480 e. The maximum Gasteiger partial charge on any atom is 0.324 e. The Labute approximate surface area is 152 Å². The van der Waals surface area contributed by atoms with E-state index in [9.17, 15) is 18.3 Å². The number of pyridine rings is 1. The highest BCUT2D eigenvalue weighted by Gasteiger charge is 2.47. The minimum absolute atomic E-state index is 0.181. The highest BCUT2D eigenvalue weighted by atomic mass is 32.2. The molecule has 2 heterocycles. The number of aliphatic carboxylic acids is 1. The first-order valence-corrected chi connectivity index (χ1v) is 10.2. The van der Waals surface area contributed by atoms with Gasteiger partial charge in [-0.3, -0.25) is 9.78 Å². The van der Waals surface area contributed by atoms with E-state index in [0.29, 0.717) is 23.7 Å². The molecule has 2 atom stereocenters. The number of oxime groups is 1. The predicted octanol–water partition coefficient (Wildman–Crippen LogP) is 1.61. The van der Waals surface area contributed by atoms with Crippen LogP contribution in [0.4, 0.5) is 0 Å². The van der Waals surface area contributed by atoms with E-state index in [2.05, 4.69) is 22.0 Å². The van der Waals surface area contributed by atoms with Crippen LogP contribution in [-0.2, 0) is 19.5 Å². The van der Waals surface area contributed by atoms with Crippen molar-refractivity contribution in [3.8, 4) is 11.8 Å². The highest BCUT2D eigenvalue weighted by Crippen LogP contribution is 2.29. The Hall–Kier alpha value is -2.40. The third-order valence-corrected chi connectivity index (χ3v) is 6.66. The van der Waals surface area contributed by atoms with Crippen LogP contribution in [0.2, 0.25) is 0 Å². The average Bonchev–Trinajstić information content (AvgIpc) is 3.30. The summed E-state index contributed by atoms with van der Waals surface area (Å²) < 4.78 is 21.9. The zero-order valence-corrected chi connectivity index (χ0v) is 15.4. The van der Waals surface area contributed by atoms with Gasteiger partial charge in [0.05, 0.1) is 5.69 Å². The lowest BCUT2D eigenvalue weighted by molar-refractivity contribution is -0.140. The van der Waals surface area contributed by atoms with Crippen LogP contribution >= 0.6 is 0 Å². The summed E-state index contributed by atoms with van der Waals surface area (Å²) >= 11 is 0. The van der Waals surface area contributed by atoms with Crippen LogP contribution in [-0.4, -0.2) is 47.3 Å². The first kappa shape index (κ1) is 18.4. The maximum atomic E-state index is 11.9. The Bertz CT molecular complexity index is 907. The molecule has 138 valence electrons. The van der Waals surface area contributed by atoms with Crippen molar-refractivity contribution in [1.82, 2.24) is 4.98 Å². The van der Waals surface area contributed by atoms with E-state index in [-0.39, 0.29) is 6.42 Å². The van der Waals surface area contributed by atoms with E-state index in [4.69, 9.17) is 4.84 Å². The quantitative estimate of drug-likeness (QED) is 0.783. The van der Waals surface area contributed by atoms with Gasteiger partial charge < -0.3 is 9.94 Å². The van der Waals surface area contributed by atoms with Crippen LogP contribution in [0.15, 0.2) is 23.5 Å². The van der Waals surface area contributed by atoms with Gasteiger partial charge in [-0.05, 0) is 31.9 Å². The maximum absolute atomic E-state index is 11.9. The van der Waals surface area contributed by atoms with Gasteiger partial charge in [0.25, 0.3) is 0 Å². The number of sulfone groups is 1. The number of hydrogen-bond acceptors (Lipinski definition) is 6. The van der Waals surface area contributed by atoms with Crippen LogP contribution in [0.25, 0.3) is 0 Å². The van der Waals surface area contributed by atoms with E-state index < -0.39 is 26.7 Å². The normalized spacial score (nSPS) is 21.8. The first-order chi connectivity index (χ1) is 12.2. The zero-order chi connectivity index (χ0) is 18.9. The summed E-state index contributed by atoms with van der Waals surface area (Å²) in [6.07, 6.45) is 4.40. The third-order valence-electron chi connectivity index (χ3n) is 4.68. The fraction of sp³-hybridized carbons (Fsp3) is 0.500. The molecule has 0 aromatic carbocycles. The number of rotatable bonds is 5. The number of carboxylic acids is 1. The molecule has 1 saturated carbocycles.